The van der Waals surface area contributed by atoms with E-state index in [1.165, 1.54) is 68.9 Å². The van der Waals surface area contributed by atoms with Crippen molar-refractivity contribution in [3.63, 3.8) is 0 Å². The number of hydrogen-bond acceptors (Lipinski definition) is 9. The monoisotopic (exact) mass is 700 g/mol. The van der Waals surface area contributed by atoms with Crippen LogP contribution in [0.3, 0.4) is 0 Å². The van der Waals surface area contributed by atoms with Gasteiger partial charge in [0.1, 0.15) is 11.3 Å². The maximum Gasteiger partial charge on any atom is 0.235 e. The molecule has 4 aliphatic carbocycles. The summed E-state index contributed by atoms with van der Waals surface area (Å²) in [5.74, 6) is 2.08. The fraction of sp³-hybridized carbons (Fsp3) is 0.595. The van der Waals surface area contributed by atoms with Crippen LogP contribution < -0.4 is 5.43 Å². The van der Waals surface area contributed by atoms with Gasteiger partial charge in [-0.3, -0.25) is 4.79 Å². The molecule has 51 heavy (non-hydrogen) atoms. The summed E-state index contributed by atoms with van der Waals surface area (Å²) in [5.41, 5.74) is 2.12. The Hall–Kier alpha value is -3.53. The van der Waals surface area contributed by atoms with Gasteiger partial charge in [0.15, 0.2) is 23.0 Å². The first kappa shape index (κ1) is 34.6. The highest BCUT2D eigenvalue weighted by Crippen LogP contribution is 2.70. The van der Waals surface area contributed by atoms with Gasteiger partial charge >= 0.3 is 0 Å². The molecule has 3 heterocycles. The van der Waals surface area contributed by atoms with Crippen LogP contribution in [-0.2, 0) is 9.47 Å². The summed E-state index contributed by atoms with van der Waals surface area (Å²) in [6.45, 7) is 10.7. The number of allylic oxidation sites excluding steroid dienone is 2. The van der Waals surface area contributed by atoms with Crippen LogP contribution in [0.1, 0.15) is 85.5 Å². The standard InChI is InChI=1S/C27H42O3.C15H10O6/c1-16-7-12-27(29-15-16)17(2)24-23(30-27)14-22-20-6-5-18-13-19(28)8-10-25(18,3)21(20)9-11-26(22,24)4;16-8-2-3-9-12(6-8)21-15(14(20)13(9)19)7-1-4-10(17)11(18)5-7/h9,16-20,22-24,28H,5-8,10-15H2,1-4H3;1-6,16-18,20H. The zero-order valence-electron chi connectivity index (χ0n) is 30.1. The minimum absolute atomic E-state index is 0.0661. The number of aliphatic hydroxyl groups is 1. The molecule has 5 N–H and O–H groups in total. The summed E-state index contributed by atoms with van der Waals surface area (Å²) in [6.07, 6.45) is 13.6. The average molecular weight is 701 g/mol. The number of rotatable bonds is 1. The van der Waals surface area contributed by atoms with Crippen molar-refractivity contribution in [3.05, 3.63) is 58.3 Å². The van der Waals surface area contributed by atoms with Gasteiger partial charge < -0.3 is 39.4 Å². The number of aliphatic hydroxyl groups excluding tert-OH is 1. The number of ether oxygens (including phenoxy) is 2. The normalized spacial score (nSPS) is 39.7. The number of aromatic hydroxyl groups is 4. The molecule has 9 nitrogen and oxygen atoms in total. The Morgan fingerprint density at radius 1 is 0.882 bits per heavy atom. The summed E-state index contributed by atoms with van der Waals surface area (Å²) in [4.78, 5) is 12.1. The Kier molecular flexibility index (Phi) is 8.32. The second-order valence-electron chi connectivity index (χ2n) is 17.2. The lowest BCUT2D eigenvalue weighted by molar-refractivity contribution is -0.272. The molecule has 1 spiro atoms. The Morgan fingerprint density at radius 2 is 1.69 bits per heavy atom. The van der Waals surface area contributed by atoms with Crippen LogP contribution in [0.5, 0.6) is 23.0 Å². The molecular weight excluding hydrogens is 648 g/mol. The summed E-state index contributed by atoms with van der Waals surface area (Å²) >= 11 is 0. The average Bonchev–Trinajstić information content (AvgIpc) is 3.55. The van der Waals surface area contributed by atoms with Crippen LogP contribution >= 0.6 is 0 Å². The molecule has 0 bridgehead atoms. The van der Waals surface area contributed by atoms with E-state index >= 15 is 0 Å². The summed E-state index contributed by atoms with van der Waals surface area (Å²) in [6, 6.07) is 7.64. The van der Waals surface area contributed by atoms with Gasteiger partial charge in [0.25, 0.3) is 0 Å². The van der Waals surface area contributed by atoms with E-state index in [-0.39, 0.29) is 45.7 Å². The maximum atomic E-state index is 12.1. The van der Waals surface area contributed by atoms with Gasteiger partial charge in [0.2, 0.25) is 11.2 Å². The highest BCUT2D eigenvalue weighted by molar-refractivity contribution is 5.83. The third-order valence-electron chi connectivity index (χ3n) is 14.4. The lowest BCUT2D eigenvalue weighted by Gasteiger charge is -2.57. The van der Waals surface area contributed by atoms with Gasteiger partial charge in [-0.1, -0.05) is 39.3 Å². The summed E-state index contributed by atoms with van der Waals surface area (Å²) in [5, 5.41) is 48.6. The third-order valence-corrected chi connectivity index (χ3v) is 14.4. The predicted molar refractivity (Wildman–Crippen MR) is 192 cm³/mol. The molecule has 3 aromatic rings. The SMILES string of the molecule is CC1CCC2(OC1)OC1CC3C4CCC5CC(O)CCC5(C)C4=CCC3(C)C1C2C.O=c1c(O)c(-c2ccc(O)c(O)c2)oc2cc(O)ccc12. The predicted octanol–water partition coefficient (Wildman–Crippen LogP) is 8.00. The van der Waals surface area contributed by atoms with E-state index in [2.05, 4.69) is 33.8 Å². The largest absolute Gasteiger partial charge is 0.508 e. The Balaban J connectivity index is 0.000000157. The van der Waals surface area contributed by atoms with E-state index in [1.54, 1.807) is 5.57 Å². The van der Waals surface area contributed by atoms with Crippen LogP contribution in [-0.4, -0.2) is 50.1 Å². The van der Waals surface area contributed by atoms with E-state index in [4.69, 9.17) is 13.9 Å². The van der Waals surface area contributed by atoms with Crippen LogP contribution in [0.15, 0.2) is 57.3 Å². The number of fused-ring (bicyclic) bond motifs is 8. The molecule has 2 aromatic carbocycles. The van der Waals surface area contributed by atoms with Gasteiger partial charge in [-0.15, -0.1) is 0 Å². The van der Waals surface area contributed by atoms with Crippen molar-refractivity contribution in [2.45, 2.75) is 103 Å². The van der Waals surface area contributed by atoms with Gasteiger partial charge in [-0.05, 0) is 122 Å². The first-order chi connectivity index (χ1) is 24.2. The van der Waals surface area contributed by atoms with Crippen molar-refractivity contribution < 1.29 is 39.4 Å². The number of benzene rings is 2. The minimum atomic E-state index is -0.654. The summed E-state index contributed by atoms with van der Waals surface area (Å²) < 4.78 is 18.8. The highest BCUT2D eigenvalue weighted by Gasteiger charge is 2.67. The van der Waals surface area contributed by atoms with Gasteiger partial charge in [0.05, 0.1) is 24.2 Å². The van der Waals surface area contributed by atoms with E-state index in [0.717, 1.165) is 43.8 Å². The smallest absolute Gasteiger partial charge is 0.235 e. The number of phenols is 3. The second-order valence-corrected chi connectivity index (χ2v) is 17.2. The third kappa shape index (κ3) is 5.40. The minimum Gasteiger partial charge on any atom is -0.508 e. The molecule has 5 fully saturated rings. The molecule has 274 valence electrons. The fourth-order valence-corrected chi connectivity index (χ4v) is 11.6. The zero-order chi connectivity index (χ0) is 36.0. The molecule has 0 amide bonds. The maximum absolute atomic E-state index is 12.1. The topological polar surface area (TPSA) is 150 Å². The highest BCUT2D eigenvalue weighted by atomic mass is 16.7. The second kappa shape index (κ2) is 12.3. The number of hydrogen-bond donors (Lipinski definition) is 5. The molecule has 11 atom stereocenters. The zero-order valence-corrected chi connectivity index (χ0v) is 30.1. The molecule has 2 saturated heterocycles. The number of phenolic OH excluding ortho intramolecular Hbond substituents is 3. The molecule has 0 radical (unpaired) electrons. The Labute approximate surface area is 298 Å². The lowest BCUT2D eigenvalue weighted by atomic mass is 9.48. The molecule has 1 aromatic heterocycles. The van der Waals surface area contributed by atoms with Crippen molar-refractivity contribution in [2.24, 2.45) is 46.3 Å². The first-order valence-corrected chi connectivity index (χ1v) is 19.0. The van der Waals surface area contributed by atoms with E-state index < -0.39 is 16.9 Å². The summed E-state index contributed by atoms with van der Waals surface area (Å²) in [7, 11) is 0. The van der Waals surface area contributed by atoms with Crippen molar-refractivity contribution in [3.8, 4) is 34.3 Å². The lowest BCUT2D eigenvalue weighted by Crippen LogP contribution is -2.50. The van der Waals surface area contributed by atoms with E-state index in [1.807, 2.05) is 0 Å². The van der Waals surface area contributed by atoms with Gasteiger partial charge in [-0.25, -0.2) is 0 Å². The quantitative estimate of drug-likeness (QED) is 0.126. The van der Waals surface area contributed by atoms with Gasteiger partial charge in [-0.2, -0.15) is 0 Å². The van der Waals surface area contributed by atoms with Crippen LogP contribution in [0.25, 0.3) is 22.3 Å². The molecule has 9 heteroatoms. The van der Waals surface area contributed by atoms with Crippen molar-refractivity contribution >= 4 is 11.0 Å². The Morgan fingerprint density at radius 3 is 2.43 bits per heavy atom. The van der Waals surface area contributed by atoms with E-state index in [9.17, 15) is 30.3 Å². The molecule has 2 aliphatic heterocycles. The van der Waals surface area contributed by atoms with Crippen molar-refractivity contribution in [1.29, 1.82) is 0 Å². The Bertz CT molecular complexity index is 1920. The van der Waals surface area contributed by atoms with E-state index in [0.29, 0.717) is 40.6 Å². The van der Waals surface area contributed by atoms with Crippen LogP contribution in [0.4, 0.5) is 0 Å². The molecule has 6 aliphatic rings. The van der Waals surface area contributed by atoms with Crippen LogP contribution in [0, 0.1) is 46.3 Å². The molecule has 11 unspecified atom stereocenters. The van der Waals surface area contributed by atoms with Crippen molar-refractivity contribution in [2.75, 3.05) is 6.61 Å². The molecule has 3 saturated carbocycles. The molecule has 9 rings (SSSR count). The van der Waals surface area contributed by atoms with Crippen LogP contribution in [0.2, 0.25) is 0 Å². The molecular formula is C42H52O9. The fourth-order valence-electron chi connectivity index (χ4n) is 11.6. The first-order valence-electron chi connectivity index (χ1n) is 19.0. The van der Waals surface area contributed by atoms with Gasteiger partial charge in [0, 0.05) is 24.0 Å². The van der Waals surface area contributed by atoms with Crippen molar-refractivity contribution in [1.82, 2.24) is 0 Å².